The van der Waals surface area contributed by atoms with Gasteiger partial charge in [0.25, 0.3) is 5.91 Å². The molecular formula is C16H23NO. The largest absolute Gasteiger partial charge is 0.349 e. The molecule has 0 radical (unpaired) electrons. The van der Waals surface area contributed by atoms with Crippen molar-refractivity contribution in [1.82, 2.24) is 5.32 Å². The van der Waals surface area contributed by atoms with Crippen LogP contribution in [0.4, 0.5) is 0 Å². The number of benzene rings is 1. The number of hydrogen-bond acceptors (Lipinski definition) is 1. The van der Waals surface area contributed by atoms with E-state index in [9.17, 15) is 4.79 Å². The molecule has 0 unspecified atom stereocenters. The van der Waals surface area contributed by atoms with Gasteiger partial charge in [-0.2, -0.15) is 0 Å². The number of carbonyl (C=O) groups excluding carboxylic acids is 1. The highest BCUT2D eigenvalue weighted by atomic mass is 16.1. The average Bonchev–Trinajstić information content (AvgIpc) is 2.56. The maximum atomic E-state index is 12.2. The summed E-state index contributed by atoms with van der Waals surface area (Å²) in [5.74, 6) is 0.0914. The Balaban J connectivity index is 2.01. The third kappa shape index (κ3) is 3.59. The summed E-state index contributed by atoms with van der Waals surface area (Å²) in [7, 11) is 0. The minimum atomic E-state index is 0.0914. The van der Waals surface area contributed by atoms with E-state index in [1.165, 1.54) is 25.7 Å². The number of amides is 1. The Labute approximate surface area is 110 Å². The van der Waals surface area contributed by atoms with Crippen molar-refractivity contribution in [2.75, 3.05) is 0 Å². The molecule has 18 heavy (non-hydrogen) atoms. The predicted octanol–water partition coefficient (Wildman–Crippen LogP) is 3.76. The molecule has 2 heteroatoms. The molecule has 2 nitrogen and oxygen atoms in total. The van der Waals surface area contributed by atoms with Gasteiger partial charge >= 0.3 is 0 Å². The van der Waals surface area contributed by atoms with Crippen molar-refractivity contribution in [3.63, 3.8) is 0 Å². The van der Waals surface area contributed by atoms with Crippen LogP contribution in [0.25, 0.3) is 0 Å². The molecule has 0 aliphatic heterocycles. The number of nitrogens with one attached hydrogen (secondary N) is 1. The summed E-state index contributed by atoms with van der Waals surface area (Å²) in [5, 5.41) is 3.19. The number of aryl methyl sites for hydroxylation is 2. The summed E-state index contributed by atoms with van der Waals surface area (Å²) >= 11 is 0. The Kier molecular flexibility index (Phi) is 4.40. The van der Waals surface area contributed by atoms with Gasteiger partial charge in [-0.1, -0.05) is 42.9 Å². The molecule has 0 atom stereocenters. The second-order valence-electron chi connectivity index (χ2n) is 5.54. The molecule has 1 aliphatic carbocycles. The Morgan fingerprint density at radius 1 is 1.00 bits per heavy atom. The first kappa shape index (κ1) is 13.1. The van der Waals surface area contributed by atoms with E-state index in [4.69, 9.17) is 0 Å². The lowest BCUT2D eigenvalue weighted by Gasteiger charge is -2.16. The number of rotatable bonds is 2. The zero-order chi connectivity index (χ0) is 13.0. The van der Waals surface area contributed by atoms with Crippen LogP contribution in [0.5, 0.6) is 0 Å². The molecule has 1 amide bonds. The van der Waals surface area contributed by atoms with E-state index in [0.717, 1.165) is 29.5 Å². The van der Waals surface area contributed by atoms with Crippen LogP contribution >= 0.6 is 0 Å². The molecule has 0 aromatic heterocycles. The van der Waals surface area contributed by atoms with Gasteiger partial charge in [-0.3, -0.25) is 4.79 Å². The van der Waals surface area contributed by atoms with E-state index in [1.807, 2.05) is 26.0 Å². The van der Waals surface area contributed by atoms with Crippen molar-refractivity contribution in [3.05, 3.63) is 34.9 Å². The van der Waals surface area contributed by atoms with E-state index < -0.39 is 0 Å². The predicted molar refractivity (Wildman–Crippen MR) is 74.9 cm³/mol. The standard InChI is InChI=1S/C16H23NO/c1-12-9-13(2)11-14(10-12)16(18)17-15-7-5-3-4-6-8-15/h9-11,15H,3-8H2,1-2H3,(H,17,18). The van der Waals surface area contributed by atoms with Gasteiger partial charge in [0.1, 0.15) is 0 Å². The summed E-state index contributed by atoms with van der Waals surface area (Å²) in [6, 6.07) is 6.42. The Hall–Kier alpha value is -1.31. The molecule has 0 heterocycles. The lowest BCUT2D eigenvalue weighted by atomic mass is 10.1. The molecule has 1 aromatic carbocycles. The third-order valence-corrected chi connectivity index (χ3v) is 3.67. The molecule has 0 saturated heterocycles. The first-order valence-electron chi connectivity index (χ1n) is 7.04. The molecule has 1 fully saturated rings. The van der Waals surface area contributed by atoms with Crippen molar-refractivity contribution in [2.24, 2.45) is 0 Å². The number of carbonyl (C=O) groups is 1. The topological polar surface area (TPSA) is 29.1 Å². The molecule has 1 aromatic rings. The highest BCUT2D eigenvalue weighted by Gasteiger charge is 2.15. The summed E-state index contributed by atoms with van der Waals surface area (Å²) in [5.41, 5.74) is 3.11. The van der Waals surface area contributed by atoms with Crippen molar-refractivity contribution < 1.29 is 4.79 Å². The normalized spacial score (nSPS) is 17.2. The maximum absolute atomic E-state index is 12.2. The monoisotopic (exact) mass is 245 g/mol. The summed E-state index contributed by atoms with van der Waals surface area (Å²) < 4.78 is 0. The molecular weight excluding hydrogens is 222 g/mol. The van der Waals surface area contributed by atoms with Crippen molar-refractivity contribution in [3.8, 4) is 0 Å². The van der Waals surface area contributed by atoms with Crippen molar-refractivity contribution in [2.45, 2.75) is 58.4 Å². The van der Waals surface area contributed by atoms with Gasteiger partial charge < -0.3 is 5.32 Å². The van der Waals surface area contributed by atoms with Crippen LogP contribution in [0.15, 0.2) is 18.2 Å². The zero-order valence-electron chi connectivity index (χ0n) is 11.5. The van der Waals surface area contributed by atoms with Crippen LogP contribution in [-0.4, -0.2) is 11.9 Å². The van der Waals surface area contributed by atoms with Crippen LogP contribution in [0.2, 0.25) is 0 Å². The SMILES string of the molecule is Cc1cc(C)cc(C(=O)NC2CCCCCC2)c1. The van der Waals surface area contributed by atoms with Crippen molar-refractivity contribution in [1.29, 1.82) is 0 Å². The van der Waals surface area contributed by atoms with Crippen LogP contribution in [-0.2, 0) is 0 Å². The number of hydrogen-bond donors (Lipinski definition) is 1. The van der Waals surface area contributed by atoms with Gasteiger partial charge in [0.05, 0.1) is 0 Å². The first-order chi connectivity index (χ1) is 8.65. The van der Waals surface area contributed by atoms with Gasteiger partial charge in [0.2, 0.25) is 0 Å². The van der Waals surface area contributed by atoms with Gasteiger partial charge in [0.15, 0.2) is 0 Å². The lowest BCUT2D eigenvalue weighted by Crippen LogP contribution is -2.34. The Morgan fingerprint density at radius 2 is 1.56 bits per heavy atom. The summed E-state index contributed by atoms with van der Waals surface area (Å²) in [6.45, 7) is 4.07. The van der Waals surface area contributed by atoms with Gasteiger partial charge in [-0.05, 0) is 38.8 Å². The van der Waals surface area contributed by atoms with E-state index in [0.29, 0.717) is 6.04 Å². The Bertz CT molecular complexity index is 397. The highest BCUT2D eigenvalue weighted by Crippen LogP contribution is 2.18. The molecule has 1 saturated carbocycles. The maximum Gasteiger partial charge on any atom is 0.251 e. The average molecular weight is 245 g/mol. The smallest absolute Gasteiger partial charge is 0.251 e. The molecule has 98 valence electrons. The second kappa shape index (κ2) is 6.03. The Morgan fingerprint density at radius 3 is 2.11 bits per heavy atom. The fourth-order valence-electron chi connectivity index (χ4n) is 2.80. The van der Waals surface area contributed by atoms with Crippen LogP contribution in [0, 0.1) is 13.8 Å². The summed E-state index contributed by atoms with van der Waals surface area (Å²) in [4.78, 5) is 12.2. The third-order valence-electron chi connectivity index (χ3n) is 3.67. The second-order valence-corrected chi connectivity index (χ2v) is 5.54. The molecule has 2 rings (SSSR count). The quantitative estimate of drug-likeness (QED) is 0.790. The van der Waals surface area contributed by atoms with Crippen LogP contribution in [0.3, 0.4) is 0 Å². The van der Waals surface area contributed by atoms with E-state index >= 15 is 0 Å². The molecule has 1 aliphatic rings. The van der Waals surface area contributed by atoms with Crippen molar-refractivity contribution >= 4 is 5.91 Å². The fourth-order valence-corrected chi connectivity index (χ4v) is 2.80. The fraction of sp³-hybridized carbons (Fsp3) is 0.562. The lowest BCUT2D eigenvalue weighted by molar-refractivity contribution is 0.0933. The zero-order valence-corrected chi connectivity index (χ0v) is 11.5. The molecule has 1 N–H and O–H groups in total. The van der Waals surface area contributed by atoms with E-state index in [2.05, 4.69) is 11.4 Å². The minimum absolute atomic E-state index is 0.0914. The first-order valence-corrected chi connectivity index (χ1v) is 7.04. The van der Waals surface area contributed by atoms with Gasteiger partial charge in [-0.25, -0.2) is 0 Å². The molecule has 0 bridgehead atoms. The van der Waals surface area contributed by atoms with Crippen LogP contribution < -0.4 is 5.32 Å². The highest BCUT2D eigenvalue weighted by molar-refractivity contribution is 5.94. The summed E-state index contributed by atoms with van der Waals surface area (Å²) in [6.07, 6.45) is 7.40. The van der Waals surface area contributed by atoms with Gasteiger partial charge in [0, 0.05) is 11.6 Å². The van der Waals surface area contributed by atoms with E-state index in [-0.39, 0.29) is 5.91 Å². The minimum Gasteiger partial charge on any atom is -0.349 e. The molecule has 0 spiro atoms. The van der Waals surface area contributed by atoms with Gasteiger partial charge in [-0.15, -0.1) is 0 Å². The van der Waals surface area contributed by atoms with Crippen LogP contribution in [0.1, 0.15) is 60.0 Å². The van der Waals surface area contributed by atoms with E-state index in [1.54, 1.807) is 0 Å².